The van der Waals surface area contributed by atoms with Gasteiger partial charge in [-0.3, -0.25) is 14.2 Å². The SMILES string of the molecule is COC(=O)Cc1c(C)c2c(Br)cccc2n(COCC[Si](C)(C)C)c1=O. The third-order valence-corrected chi connectivity index (χ3v) is 6.74. The molecule has 7 heteroatoms. The van der Waals surface area contributed by atoms with E-state index in [0.29, 0.717) is 12.2 Å². The van der Waals surface area contributed by atoms with Gasteiger partial charge in [0.1, 0.15) is 6.73 Å². The first kappa shape index (κ1) is 20.9. The number of hydrogen-bond acceptors (Lipinski definition) is 4. The molecule has 0 N–H and O–H groups in total. The van der Waals surface area contributed by atoms with E-state index in [2.05, 4.69) is 35.6 Å². The van der Waals surface area contributed by atoms with Crippen LogP contribution in [0.5, 0.6) is 0 Å². The van der Waals surface area contributed by atoms with Crippen LogP contribution in [0.25, 0.3) is 10.9 Å². The Bertz CT molecular complexity index is 870. The van der Waals surface area contributed by atoms with Crippen molar-refractivity contribution in [3.8, 4) is 0 Å². The first-order valence-corrected chi connectivity index (χ1v) is 13.1. The number of carbonyl (C=O) groups excluding carboxylic acids is 1. The number of pyridine rings is 1. The maximum Gasteiger partial charge on any atom is 0.310 e. The summed E-state index contributed by atoms with van der Waals surface area (Å²) in [4.78, 5) is 24.8. The first-order valence-electron chi connectivity index (χ1n) is 8.61. The van der Waals surface area contributed by atoms with Crippen molar-refractivity contribution in [3.05, 3.63) is 44.2 Å². The first-order chi connectivity index (χ1) is 12.2. The molecule has 142 valence electrons. The van der Waals surface area contributed by atoms with Crippen LogP contribution >= 0.6 is 15.9 Å². The average Bonchev–Trinajstić information content (AvgIpc) is 2.56. The molecule has 0 fully saturated rings. The van der Waals surface area contributed by atoms with Crippen molar-refractivity contribution in [2.75, 3.05) is 13.7 Å². The van der Waals surface area contributed by atoms with Gasteiger partial charge < -0.3 is 9.47 Å². The van der Waals surface area contributed by atoms with E-state index in [-0.39, 0.29) is 18.7 Å². The molecule has 0 aliphatic heterocycles. The molecule has 1 aromatic heterocycles. The highest BCUT2D eigenvalue weighted by molar-refractivity contribution is 9.10. The second-order valence-electron chi connectivity index (χ2n) is 7.57. The third kappa shape index (κ3) is 4.84. The minimum atomic E-state index is -1.20. The molecule has 0 radical (unpaired) electrons. The van der Waals surface area contributed by atoms with Crippen LogP contribution in [0.1, 0.15) is 11.1 Å². The number of aromatic nitrogens is 1. The average molecular weight is 440 g/mol. The van der Waals surface area contributed by atoms with Crippen molar-refractivity contribution >= 4 is 40.9 Å². The van der Waals surface area contributed by atoms with Gasteiger partial charge in [0.15, 0.2) is 0 Å². The van der Waals surface area contributed by atoms with Gasteiger partial charge in [-0.25, -0.2) is 0 Å². The van der Waals surface area contributed by atoms with Crippen molar-refractivity contribution in [3.63, 3.8) is 0 Å². The zero-order chi connectivity index (χ0) is 19.5. The number of fused-ring (bicyclic) bond motifs is 1. The van der Waals surface area contributed by atoms with Crippen LogP contribution in [0.4, 0.5) is 0 Å². The molecule has 0 atom stereocenters. The predicted octanol–water partition coefficient (Wildman–Crippen LogP) is 4.10. The number of aryl methyl sites for hydroxylation is 1. The van der Waals surface area contributed by atoms with Gasteiger partial charge in [0.05, 0.1) is 19.0 Å². The van der Waals surface area contributed by atoms with E-state index in [4.69, 9.17) is 9.47 Å². The lowest BCUT2D eigenvalue weighted by molar-refractivity contribution is -0.139. The Morgan fingerprint density at radius 1 is 1.27 bits per heavy atom. The van der Waals surface area contributed by atoms with Gasteiger partial charge in [-0.2, -0.15) is 0 Å². The molecule has 0 saturated heterocycles. The summed E-state index contributed by atoms with van der Waals surface area (Å²) in [5.41, 5.74) is 1.83. The number of esters is 1. The fourth-order valence-corrected chi connectivity index (χ4v) is 4.19. The Morgan fingerprint density at radius 3 is 2.58 bits per heavy atom. The van der Waals surface area contributed by atoms with Crippen molar-refractivity contribution in [2.24, 2.45) is 0 Å². The van der Waals surface area contributed by atoms with Crippen LogP contribution in [0.3, 0.4) is 0 Å². The van der Waals surface area contributed by atoms with Gasteiger partial charge in [-0.05, 0) is 30.7 Å². The lowest BCUT2D eigenvalue weighted by Crippen LogP contribution is -2.29. The van der Waals surface area contributed by atoms with Crippen LogP contribution < -0.4 is 5.56 Å². The standard InChI is InChI=1S/C19H26BrNO4Si/c1-13-14(11-17(22)24-2)19(23)21(12-25-9-10-26(3,4)5)16-8-6-7-15(20)18(13)16/h6-8H,9-12H2,1-5H3. The van der Waals surface area contributed by atoms with Crippen molar-refractivity contribution in [1.29, 1.82) is 0 Å². The van der Waals surface area contributed by atoms with Gasteiger partial charge >= 0.3 is 5.97 Å². The molecular weight excluding hydrogens is 414 g/mol. The van der Waals surface area contributed by atoms with Crippen molar-refractivity contribution < 1.29 is 14.3 Å². The maximum absolute atomic E-state index is 13.0. The molecule has 0 saturated carbocycles. The van der Waals surface area contributed by atoms with Gasteiger partial charge in [0, 0.05) is 30.1 Å². The lowest BCUT2D eigenvalue weighted by Gasteiger charge is -2.19. The molecule has 1 aromatic carbocycles. The van der Waals surface area contributed by atoms with E-state index in [9.17, 15) is 9.59 Å². The Labute approximate surface area is 163 Å². The minimum Gasteiger partial charge on any atom is -0.469 e. The van der Waals surface area contributed by atoms with Gasteiger partial charge in [-0.1, -0.05) is 41.6 Å². The largest absolute Gasteiger partial charge is 0.469 e. The van der Waals surface area contributed by atoms with E-state index >= 15 is 0 Å². The molecule has 0 spiro atoms. The van der Waals surface area contributed by atoms with Gasteiger partial charge in [-0.15, -0.1) is 0 Å². The molecule has 0 aliphatic rings. The third-order valence-electron chi connectivity index (χ3n) is 4.38. The van der Waals surface area contributed by atoms with Gasteiger partial charge in [0.25, 0.3) is 5.56 Å². The highest BCUT2D eigenvalue weighted by Crippen LogP contribution is 2.28. The van der Waals surface area contributed by atoms with Crippen LogP contribution in [0.15, 0.2) is 27.5 Å². The van der Waals surface area contributed by atoms with E-state index in [1.807, 2.05) is 25.1 Å². The summed E-state index contributed by atoms with van der Waals surface area (Å²) in [7, 11) is 0.127. The smallest absolute Gasteiger partial charge is 0.310 e. The maximum atomic E-state index is 13.0. The normalized spacial score (nSPS) is 11.8. The zero-order valence-corrected chi connectivity index (χ0v) is 18.6. The second kappa shape index (κ2) is 8.50. The molecule has 0 bridgehead atoms. The predicted molar refractivity (Wildman–Crippen MR) is 110 cm³/mol. The van der Waals surface area contributed by atoms with Crippen LogP contribution in [-0.2, 0) is 27.4 Å². The fourth-order valence-electron chi connectivity index (χ4n) is 2.78. The summed E-state index contributed by atoms with van der Waals surface area (Å²) in [5, 5.41) is 0.916. The van der Waals surface area contributed by atoms with E-state index < -0.39 is 14.0 Å². The molecule has 1 heterocycles. The van der Waals surface area contributed by atoms with E-state index in [1.54, 1.807) is 4.57 Å². The number of benzene rings is 1. The Balaban J connectivity index is 2.48. The minimum absolute atomic E-state index is 0.0483. The second-order valence-corrected chi connectivity index (χ2v) is 14.0. The molecule has 5 nitrogen and oxygen atoms in total. The summed E-state index contributed by atoms with van der Waals surface area (Å²) >= 11 is 3.57. The molecule has 0 unspecified atom stereocenters. The Morgan fingerprint density at radius 2 is 1.96 bits per heavy atom. The Kier molecular flexibility index (Phi) is 6.82. The summed E-state index contributed by atoms with van der Waals surface area (Å²) in [6, 6.07) is 6.75. The highest BCUT2D eigenvalue weighted by atomic mass is 79.9. The quantitative estimate of drug-likeness (QED) is 0.370. The molecular formula is C19H26BrNO4Si. The van der Waals surface area contributed by atoms with Crippen LogP contribution in [0.2, 0.25) is 25.7 Å². The topological polar surface area (TPSA) is 57.5 Å². The van der Waals surface area contributed by atoms with Crippen molar-refractivity contribution in [1.82, 2.24) is 4.57 Å². The molecule has 2 aromatic rings. The summed E-state index contributed by atoms with van der Waals surface area (Å²) in [6.45, 7) is 9.52. The number of ether oxygens (including phenoxy) is 2. The van der Waals surface area contributed by atoms with Crippen LogP contribution in [-0.4, -0.2) is 32.3 Å². The fraction of sp³-hybridized carbons (Fsp3) is 0.474. The van der Waals surface area contributed by atoms with Crippen LogP contribution in [0, 0.1) is 6.92 Å². The van der Waals surface area contributed by atoms with Gasteiger partial charge in [0.2, 0.25) is 0 Å². The molecule has 0 amide bonds. The Hall–Kier alpha value is -1.44. The number of hydrogen-bond donors (Lipinski definition) is 0. The lowest BCUT2D eigenvalue weighted by atomic mass is 10.0. The molecule has 0 aliphatic carbocycles. The summed E-state index contributed by atoms with van der Waals surface area (Å²) in [6.07, 6.45) is -0.0483. The monoisotopic (exact) mass is 439 g/mol. The highest BCUT2D eigenvalue weighted by Gasteiger charge is 2.19. The van der Waals surface area contributed by atoms with E-state index in [1.165, 1.54) is 7.11 Å². The number of nitrogens with zero attached hydrogens (tertiary/aromatic N) is 1. The van der Waals surface area contributed by atoms with E-state index in [0.717, 1.165) is 27.0 Å². The summed E-state index contributed by atoms with van der Waals surface area (Å²) in [5.74, 6) is -0.428. The molecule has 2 rings (SSSR count). The number of methoxy groups -OCH3 is 1. The summed E-state index contributed by atoms with van der Waals surface area (Å²) < 4.78 is 13.1. The zero-order valence-electron chi connectivity index (χ0n) is 16.0. The number of halogens is 1. The number of carbonyl (C=O) groups is 1. The van der Waals surface area contributed by atoms with Crippen molar-refractivity contribution in [2.45, 2.75) is 45.8 Å². The molecule has 26 heavy (non-hydrogen) atoms. The number of rotatable bonds is 7.